The van der Waals surface area contributed by atoms with Crippen molar-refractivity contribution in [3.8, 4) is 0 Å². The Labute approximate surface area is 217 Å². The smallest absolute Gasteiger partial charge is 0.246 e. The van der Waals surface area contributed by atoms with E-state index in [-0.39, 0.29) is 30.0 Å². The molecule has 0 aliphatic carbocycles. The van der Waals surface area contributed by atoms with Gasteiger partial charge in [-0.15, -0.1) is 0 Å². The van der Waals surface area contributed by atoms with Crippen molar-refractivity contribution in [2.75, 3.05) is 13.1 Å². The van der Waals surface area contributed by atoms with Gasteiger partial charge >= 0.3 is 0 Å². The third-order valence-corrected chi connectivity index (χ3v) is 7.68. The molecule has 4 atom stereocenters. The quantitative estimate of drug-likeness (QED) is 0.667. The summed E-state index contributed by atoms with van der Waals surface area (Å²) in [4.78, 5) is 57.5. The molecule has 2 aromatic rings. The van der Waals surface area contributed by atoms with Crippen LogP contribution in [0.2, 0.25) is 0 Å². The van der Waals surface area contributed by atoms with Gasteiger partial charge in [0.1, 0.15) is 18.1 Å². The molecule has 0 bridgehead atoms. The van der Waals surface area contributed by atoms with Crippen LogP contribution in [0.3, 0.4) is 0 Å². The van der Waals surface area contributed by atoms with E-state index < -0.39 is 24.2 Å². The van der Waals surface area contributed by atoms with Crippen molar-refractivity contribution < 1.29 is 19.2 Å². The Hall–Kier alpha value is -3.68. The minimum atomic E-state index is -0.786. The molecule has 2 aromatic carbocycles. The number of benzene rings is 2. The second-order valence-corrected chi connectivity index (χ2v) is 10.3. The van der Waals surface area contributed by atoms with Crippen LogP contribution in [0.25, 0.3) is 0 Å². The van der Waals surface area contributed by atoms with Crippen LogP contribution in [0.15, 0.2) is 60.7 Å². The highest BCUT2D eigenvalue weighted by atomic mass is 16.2. The topological polar surface area (TPSA) is 98.8 Å². The van der Waals surface area contributed by atoms with Crippen LogP contribution < -0.4 is 10.6 Å². The van der Waals surface area contributed by atoms with Crippen LogP contribution in [-0.2, 0) is 32.0 Å². The average molecular weight is 503 g/mol. The van der Waals surface area contributed by atoms with Gasteiger partial charge in [-0.2, -0.15) is 0 Å². The molecule has 0 unspecified atom stereocenters. The van der Waals surface area contributed by atoms with Gasteiger partial charge in [-0.3, -0.25) is 19.2 Å². The molecule has 0 saturated carbocycles. The molecule has 4 amide bonds. The minimum absolute atomic E-state index is 0.0449. The molecule has 8 heteroatoms. The Balaban J connectivity index is 1.46. The second-order valence-electron chi connectivity index (χ2n) is 10.3. The van der Waals surface area contributed by atoms with E-state index in [1.165, 1.54) is 0 Å². The predicted octanol–water partition coefficient (Wildman–Crippen LogP) is 1.83. The number of hydrogen-bond donors (Lipinski definition) is 2. The molecule has 0 spiro atoms. The molecular weight excluding hydrogens is 468 g/mol. The molecular formula is C29H34N4O4. The minimum Gasteiger partial charge on any atom is -0.351 e. The molecule has 3 fully saturated rings. The molecule has 0 radical (unpaired) electrons. The van der Waals surface area contributed by atoms with E-state index in [4.69, 9.17) is 0 Å². The summed E-state index contributed by atoms with van der Waals surface area (Å²) in [5, 5.41) is 6.02. The van der Waals surface area contributed by atoms with Crippen LogP contribution >= 0.6 is 0 Å². The monoisotopic (exact) mass is 502 g/mol. The fraction of sp³-hybridized carbons (Fsp3) is 0.448. The van der Waals surface area contributed by atoms with E-state index >= 15 is 0 Å². The predicted molar refractivity (Wildman–Crippen MR) is 138 cm³/mol. The molecule has 0 aromatic heterocycles. The van der Waals surface area contributed by atoms with Crippen molar-refractivity contribution in [1.82, 2.24) is 20.4 Å². The van der Waals surface area contributed by atoms with Crippen LogP contribution in [0.4, 0.5) is 0 Å². The maximum absolute atomic E-state index is 13.8. The number of rotatable bonds is 4. The summed E-state index contributed by atoms with van der Waals surface area (Å²) in [6, 6.07) is 16.9. The summed E-state index contributed by atoms with van der Waals surface area (Å²) < 4.78 is 0. The number of fused-ring (bicyclic) bond motifs is 2. The molecule has 2 N–H and O–H groups in total. The molecule has 3 aliphatic heterocycles. The van der Waals surface area contributed by atoms with E-state index in [9.17, 15) is 19.2 Å². The lowest BCUT2D eigenvalue weighted by Crippen LogP contribution is -2.56. The highest BCUT2D eigenvalue weighted by Gasteiger charge is 2.44. The van der Waals surface area contributed by atoms with Gasteiger partial charge in [0.2, 0.25) is 23.6 Å². The lowest BCUT2D eigenvalue weighted by Gasteiger charge is -2.32. The Kier molecular flexibility index (Phi) is 7.53. The van der Waals surface area contributed by atoms with Crippen LogP contribution in [-0.4, -0.2) is 70.7 Å². The van der Waals surface area contributed by atoms with Gasteiger partial charge in [-0.1, -0.05) is 60.7 Å². The normalized spacial score (nSPS) is 26.9. The Morgan fingerprint density at radius 3 is 1.89 bits per heavy atom. The third kappa shape index (κ3) is 5.68. The average Bonchev–Trinajstić information content (AvgIpc) is 3.59. The first-order valence-electron chi connectivity index (χ1n) is 13.3. The van der Waals surface area contributed by atoms with Gasteiger partial charge in [0, 0.05) is 32.0 Å². The molecule has 8 nitrogen and oxygen atoms in total. The summed E-state index contributed by atoms with van der Waals surface area (Å²) in [7, 11) is 0. The van der Waals surface area contributed by atoms with Crippen molar-refractivity contribution in [2.45, 2.75) is 69.1 Å². The van der Waals surface area contributed by atoms with Crippen molar-refractivity contribution in [3.63, 3.8) is 0 Å². The van der Waals surface area contributed by atoms with Gasteiger partial charge in [-0.05, 0) is 43.2 Å². The SMILES string of the molecule is O=C1C[C@@H](Cc2ccccc2)NC(=O)[C@H]2CCCN2C(=O)[C@@H]2CCCN2C(=O)[C@H](Cc2ccccc2)N1. The summed E-state index contributed by atoms with van der Waals surface area (Å²) >= 11 is 0. The van der Waals surface area contributed by atoms with Gasteiger partial charge < -0.3 is 20.4 Å². The molecule has 194 valence electrons. The zero-order valence-electron chi connectivity index (χ0n) is 21.0. The highest BCUT2D eigenvalue weighted by Crippen LogP contribution is 2.26. The number of nitrogens with zero attached hydrogens (tertiary/aromatic N) is 2. The molecule has 3 saturated heterocycles. The summed E-state index contributed by atoms with van der Waals surface area (Å²) in [6.45, 7) is 0.973. The van der Waals surface area contributed by atoms with Gasteiger partial charge in [0.15, 0.2) is 0 Å². The Morgan fingerprint density at radius 1 is 0.676 bits per heavy atom. The van der Waals surface area contributed by atoms with E-state index in [1.54, 1.807) is 9.80 Å². The first-order valence-corrected chi connectivity index (χ1v) is 13.3. The van der Waals surface area contributed by atoms with Crippen LogP contribution in [0.5, 0.6) is 0 Å². The van der Waals surface area contributed by atoms with Crippen molar-refractivity contribution >= 4 is 23.6 Å². The number of hydrogen-bond acceptors (Lipinski definition) is 4. The van der Waals surface area contributed by atoms with Crippen molar-refractivity contribution in [1.29, 1.82) is 0 Å². The fourth-order valence-corrected chi connectivity index (χ4v) is 5.88. The largest absolute Gasteiger partial charge is 0.351 e. The summed E-state index contributed by atoms with van der Waals surface area (Å²) in [5.41, 5.74) is 1.93. The number of carbonyl (C=O) groups excluding carboxylic acids is 4. The lowest BCUT2D eigenvalue weighted by molar-refractivity contribution is -0.147. The van der Waals surface area contributed by atoms with E-state index in [0.717, 1.165) is 24.0 Å². The molecule has 5 rings (SSSR count). The third-order valence-electron chi connectivity index (χ3n) is 7.68. The van der Waals surface area contributed by atoms with Crippen LogP contribution in [0.1, 0.15) is 43.2 Å². The zero-order valence-corrected chi connectivity index (χ0v) is 21.0. The molecule has 3 heterocycles. The lowest BCUT2D eigenvalue weighted by atomic mass is 10.0. The van der Waals surface area contributed by atoms with E-state index in [0.29, 0.717) is 38.8 Å². The van der Waals surface area contributed by atoms with Crippen LogP contribution in [0, 0.1) is 0 Å². The number of carbonyl (C=O) groups is 4. The fourth-order valence-electron chi connectivity index (χ4n) is 5.88. The maximum atomic E-state index is 13.8. The first-order chi connectivity index (χ1) is 18.0. The first kappa shape index (κ1) is 25.0. The highest BCUT2D eigenvalue weighted by molar-refractivity contribution is 5.95. The Morgan fingerprint density at radius 2 is 1.24 bits per heavy atom. The maximum Gasteiger partial charge on any atom is 0.246 e. The van der Waals surface area contributed by atoms with Gasteiger partial charge in [0.05, 0.1) is 0 Å². The van der Waals surface area contributed by atoms with E-state index in [1.807, 2.05) is 60.7 Å². The van der Waals surface area contributed by atoms with Crippen molar-refractivity contribution in [3.05, 3.63) is 71.8 Å². The van der Waals surface area contributed by atoms with Crippen molar-refractivity contribution in [2.24, 2.45) is 0 Å². The molecule has 3 aliphatic rings. The van der Waals surface area contributed by atoms with Gasteiger partial charge in [0.25, 0.3) is 0 Å². The molecule has 37 heavy (non-hydrogen) atoms. The zero-order chi connectivity index (χ0) is 25.8. The standard InChI is InChI=1S/C29H34N4O4/c34-26-19-22(17-20-9-3-1-4-10-20)30-27(35)24-13-7-15-32(24)29(37)25-14-8-16-33(25)28(36)23(31-26)18-21-11-5-2-6-12-21/h1-6,9-12,22-25H,7-8,13-19H2,(H,30,35)(H,31,34)/t22-,23+,24-,25+/m1/s1. The Bertz CT molecular complexity index is 1140. The summed E-state index contributed by atoms with van der Waals surface area (Å²) in [6.07, 6.45) is 3.47. The number of nitrogens with one attached hydrogen (secondary N) is 2. The number of amides is 4. The van der Waals surface area contributed by atoms with E-state index in [2.05, 4.69) is 10.6 Å². The van der Waals surface area contributed by atoms with Gasteiger partial charge in [-0.25, -0.2) is 0 Å². The summed E-state index contributed by atoms with van der Waals surface area (Å²) in [5.74, 6) is -0.912. The second kappa shape index (κ2) is 11.2.